The molecule has 20 heavy (non-hydrogen) atoms. The second-order valence-electron chi connectivity index (χ2n) is 3.78. The van der Waals surface area contributed by atoms with Crippen LogP contribution in [0.25, 0.3) is 0 Å². The molecule has 0 aliphatic carbocycles. The van der Waals surface area contributed by atoms with E-state index in [-0.39, 0.29) is 4.90 Å². The smallest absolute Gasteiger partial charge is 0.263 e. The summed E-state index contributed by atoms with van der Waals surface area (Å²) in [6.07, 6.45) is 0. The van der Waals surface area contributed by atoms with E-state index in [4.69, 9.17) is 0 Å². The Labute approximate surface area is 166 Å². The number of halogens is 4. The quantitative estimate of drug-likeness (QED) is 0.459. The van der Waals surface area contributed by atoms with Crippen molar-refractivity contribution in [1.82, 2.24) is 0 Å². The van der Waals surface area contributed by atoms with Gasteiger partial charge in [-0.05, 0) is 108 Å². The molecular weight excluding hydrogens is 683 g/mol. The van der Waals surface area contributed by atoms with E-state index in [0.717, 1.165) is 10.7 Å². The normalized spacial score (nSPS) is 11.4. The zero-order chi connectivity index (χ0) is 14.9. The molecule has 106 valence electrons. The van der Waals surface area contributed by atoms with Crippen molar-refractivity contribution in [1.29, 1.82) is 0 Å². The van der Waals surface area contributed by atoms with Crippen LogP contribution in [0.5, 0.6) is 0 Å². The Morgan fingerprint density at radius 1 is 1.00 bits per heavy atom. The van der Waals surface area contributed by atoms with Crippen LogP contribution in [0.15, 0.2) is 45.8 Å². The fourth-order valence-corrected chi connectivity index (χ4v) is 7.82. The SMILES string of the molecule is O=S(=O)(Nc1c(I)cc(I)cc1I)c1ccccc1Br. The highest BCUT2D eigenvalue weighted by molar-refractivity contribution is 14.1. The third kappa shape index (κ3) is 3.98. The van der Waals surface area contributed by atoms with Crippen LogP contribution in [-0.2, 0) is 10.0 Å². The molecule has 0 amide bonds. The minimum absolute atomic E-state index is 0.227. The van der Waals surface area contributed by atoms with Gasteiger partial charge in [0, 0.05) is 15.2 Å². The van der Waals surface area contributed by atoms with Gasteiger partial charge in [0.1, 0.15) is 4.90 Å². The summed E-state index contributed by atoms with van der Waals surface area (Å²) in [6, 6.07) is 10.6. The fourth-order valence-electron chi connectivity index (χ4n) is 1.49. The average molecular weight is 690 g/mol. The highest BCUT2D eigenvalue weighted by Crippen LogP contribution is 2.30. The van der Waals surface area contributed by atoms with Crippen LogP contribution in [0.4, 0.5) is 5.69 Å². The minimum atomic E-state index is -3.61. The average Bonchev–Trinajstić information content (AvgIpc) is 2.34. The highest BCUT2D eigenvalue weighted by Gasteiger charge is 2.20. The Kier molecular flexibility index (Phi) is 5.99. The molecule has 3 nitrogen and oxygen atoms in total. The molecule has 2 aromatic rings. The van der Waals surface area contributed by atoms with Gasteiger partial charge in [0.05, 0.1) is 5.69 Å². The second kappa shape index (κ2) is 6.96. The number of benzene rings is 2. The number of sulfonamides is 1. The van der Waals surface area contributed by atoms with Crippen LogP contribution < -0.4 is 4.72 Å². The Morgan fingerprint density at radius 3 is 2.10 bits per heavy atom. The molecule has 0 fully saturated rings. The number of hydrogen-bond donors (Lipinski definition) is 1. The zero-order valence-corrected chi connectivity index (χ0v) is 18.6. The van der Waals surface area contributed by atoms with E-state index in [9.17, 15) is 8.42 Å². The minimum Gasteiger partial charge on any atom is -0.277 e. The second-order valence-corrected chi connectivity index (χ2v) is 9.86. The summed E-state index contributed by atoms with van der Waals surface area (Å²) in [5, 5.41) is 0. The van der Waals surface area contributed by atoms with Crippen molar-refractivity contribution in [3.8, 4) is 0 Å². The van der Waals surface area contributed by atoms with Gasteiger partial charge in [-0.1, -0.05) is 12.1 Å². The van der Waals surface area contributed by atoms with Crippen LogP contribution in [0.2, 0.25) is 0 Å². The maximum absolute atomic E-state index is 12.5. The largest absolute Gasteiger partial charge is 0.277 e. The number of nitrogens with one attached hydrogen (secondary N) is 1. The van der Waals surface area contributed by atoms with Crippen LogP contribution in [0.1, 0.15) is 0 Å². The van der Waals surface area contributed by atoms with Crippen LogP contribution >= 0.6 is 83.7 Å². The molecule has 0 bridgehead atoms. The van der Waals surface area contributed by atoms with Crippen molar-refractivity contribution in [3.63, 3.8) is 0 Å². The predicted molar refractivity (Wildman–Crippen MR) is 110 cm³/mol. The van der Waals surface area contributed by atoms with Gasteiger partial charge < -0.3 is 0 Å². The molecule has 0 aliphatic heterocycles. The number of anilines is 1. The van der Waals surface area contributed by atoms with E-state index in [1.807, 2.05) is 12.1 Å². The third-order valence-electron chi connectivity index (χ3n) is 2.37. The van der Waals surface area contributed by atoms with E-state index < -0.39 is 10.0 Å². The lowest BCUT2D eigenvalue weighted by molar-refractivity contribution is 0.600. The summed E-state index contributed by atoms with van der Waals surface area (Å²) in [7, 11) is -3.61. The molecule has 2 aromatic carbocycles. The van der Waals surface area contributed by atoms with Gasteiger partial charge >= 0.3 is 0 Å². The summed E-state index contributed by atoms with van der Waals surface area (Å²) < 4.78 is 30.9. The van der Waals surface area contributed by atoms with Crippen molar-refractivity contribution >= 4 is 99.4 Å². The first-order valence-electron chi connectivity index (χ1n) is 5.23. The summed E-state index contributed by atoms with van der Waals surface area (Å²) in [4.78, 5) is 0.227. The molecule has 0 aliphatic rings. The first-order chi connectivity index (χ1) is 9.31. The van der Waals surface area contributed by atoms with Crippen molar-refractivity contribution in [2.75, 3.05) is 4.72 Å². The molecule has 0 atom stereocenters. The van der Waals surface area contributed by atoms with Gasteiger partial charge in [0.25, 0.3) is 10.0 Å². The molecule has 0 spiro atoms. The molecule has 0 unspecified atom stereocenters. The van der Waals surface area contributed by atoms with Gasteiger partial charge in [-0.15, -0.1) is 0 Å². The summed E-state index contributed by atoms with van der Waals surface area (Å²) in [5.41, 5.74) is 0.613. The topological polar surface area (TPSA) is 46.2 Å². The van der Waals surface area contributed by atoms with Gasteiger partial charge in [-0.3, -0.25) is 4.72 Å². The predicted octanol–water partition coefficient (Wildman–Crippen LogP) is 5.06. The molecular formula is C12H7BrI3NO2S. The van der Waals surface area contributed by atoms with Crippen LogP contribution in [0, 0.1) is 10.7 Å². The lowest BCUT2D eigenvalue weighted by atomic mass is 10.3. The first-order valence-corrected chi connectivity index (χ1v) is 10.7. The molecule has 0 radical (unpaired) electrons. The van der Waals surface area contributed by atoms with Crippen molar-refractivity contribution < 1.29 is 8.42 Å². The van der Waals surface area contributed by atoms with E-state index in [2.05, 4.69) is 88.4 Å². The van der Waals surface area contributed by atoms with Crippen molar-refractivity contribution in [2.45, 2.75) is 4.90 Å². The lowest BCUT2D eigenvalue weighted by Crippen LogP contribution is -2.15. The lowest BCUT2D eigenvalue weighted by Gasteiger charge is -2.13. The summed E-state index contributed by atoms with van der Waals surface area (Å²) in [6.45, 7) is 0. The molecule has 0 saturated heterocycles. The maximum atomic E-state index is 12.5. The summed E-state index contributed by atoms with van der Waals surface area (Å²) in [5.74, 6) is 0. The Hall–Kier alpha value is 0.860. The zero-order valence-electron chi connectivity index (χ0n) is 9.70. The van der Waals surface area contributed by atoms with Crippen LogP contribution in [0.3, 0.4) is 0 Å². The monoisotopic (exact) mass is 689 g/mol. The Morgan fingerprint density at radius 2 is 1.55 bits per heavy atom. The van der Waals surface area contributed by atoms with Gasteiger partial charge in [0.2, 0.25) is 0 Å². The number of rotatable bonds is 3. The molecule has 0 aromatic heterocycles. The highest BCUT2D eigenvalue weighted by atomic mass is 127. The molecule has 0 saturated carbocycles. The van der Waals surface area contributed by atoms with Gasteiger partial charge in [-0.2, -0.15) is 0 Å². The Balaban J connectivity index is 2.47. The molecule has 8 heteroatoms. The van der Waals surface area contributed by atoms with Crippen LogP contribution in [-0.4, -0.2) is 8.42 Å². The van der Waals surface area contributed by atoms with E-state index in [1.54, 1.807) is 24.3 Å². The maximum Gasteiger partial charge on any atom is 0.263 e. The van der Waals surface area contributed by atoms with Crippen molar-refractivity contribution in [3.05, 3.63) is 51.6 Å². The number of hydrogen-bond acceptors (Lipinski definition) is 2. The Bertz CT molecular complexity index is 742. The van der Waals surface area contributed by atoms with Crippen molar-refractivity contribution in [2.24, 2.45) is 0 Å². The summed E-state index contributed by atoms with van der Waals surface area (Å²) >= 11 is 9.74. The van der Waals surface area contributed by atoms with Gasteiger partial charge in [-0.25, -0.2) is 8.42 Å². The fraction of sp³-hybridized carbons (Fsp3) is 0. The van der Waals surface area contributed by atoms with E-state index in [1.165, 1.54) is 0 Å². The van der Waals surface area contributed by atoms with Gasteiger partial charge in [0.15, 0.2) is 0 Å². The third-order valence-corrected chi connectivity index (χ3v) is 7.06. The van der Waals surface area contributed by atoms with E-state index in [0.29, 0.717) is 10.2 Å². The molecule has 2 rings (SSSR count). The van der Waals surface area contributed by atoms with E-state index >= 15 is 0 Å². The first kappa shape index (κ1) is 17.2. The standard InChI is InChI=1S/C12H7BrI3NO2S/c13-8-3-1-2-4-11(8)20(18,19)17-12-9(15)5-7(14)6-10(12)16/h1-6,17H. The molecule has 1 N–H and O–H groups in total. The molecule has 0 heterocycles.